The van der Waals surface area contributed by atoms with Gasteiger partial charge in [-0.2, -0.15) is 0 Å². The summed E-state index contributed by atoms with van der Waals surface area (Å²) in [6.07, 6.45) is 8.74. The highest BCUT2D eigenvalue weighted by Crippen LogP contribution is 2.38. The monoisotopic (exact) mass is 381 g/mol. The molecule has 0 bridgehead atoms. The number of rotatable bonds is 4. The molecule has 5 nitrogen and oxygen atoms in total. The number of carbonyl (C=O) groups is 2. The fourth-order valence-electron chi connectivity index (χ4n) is 4.57. The summed E-state index contributed by atoms with van der Waals surface area (Å²) in [6.45, 7) is 3.09. The van der Waals surface area contributed by atoms with Crippen molar-refractivity contribution in [2.45, 2.75) is 51.2 Å². The number of nitrogens with zero attached hydrogens (tertiary/aromatic N) is 1. The van der Waals surface area contributed by atoms with E-state index in [4.69, 9.17) is 4.74 Å². The molecule has 148 valence electrons. The molecule has 4 rings (SSSR count). The fraction of sp³-hybridized carbons (Fsp3) is 0.478. The average Bonchev–Trinajstić information content (AvgIpc) is 3.31. The van der Waals surface area contributed by atoms with E-state index in [1.165, 1.54) is 0 Å². The van der Waals surface area contributed by atoms with Crippen molar-refractivity contribution in [3.63, 3.8) is 0 Å². The first-order valence-corrected chi connectivity index (χ1v) is 10.2. The van der Waals surface area contributed by atoms with Crippen LogP contribution in [0.2, 0.25) is 0 Å². The van der Waals surface area contributed by atoms with Gasteiger partial charge in [-0.3, -0.25) is 9.59 Å². The van der Waals surface area contributed by atoms with Gasteiger partial charge in [0.05, 0.1) is 17.7 Å². The van der Waals surface area contributed by atoms with Crippen LogP contribution >= 0.6 is 0 Å². The summed E-state index contributed by atoms with van der Waals surface area (Å²) in [5.41, 5.74) is 1.91. The van der Waals surface area contributed by atoms with Crippen LogP contribution in [-0.2, 0) is 14.3 Å². The van der Waals surface area contributed by atoms with Crippen LogP contribution in [0.4, 0.5) is 0 Å². The van der Waals surface area contributed by atoms with Crippen LogP contribution in [-0.4, -0.2) is 47.0 Å². The van der Waals surface area contributed by atoms with Crippen LogP contribution in [0.3, 0.4) is 0 Å². The number of benzene rings is 1. The van der Waals surface area contributed by atoms with E-state index in [1.807, 2.05) is 19.1 Å². The summed E-state index contributed by atoms with van der Waals surface area (Å²) in [4.78, 5) is 27.5. The van der Waals surface area contributed by atoms with Gasteiger partial charge >= 0.3 is 0 Å². The van der Waals surface area contributed by atoms with Crippen molar-refractivity contribution < 1.29 is 19.4 Å². The zero-order valence-electron chi connectivity index (χ0n) is 16.3. The maximum absolute atomic E-state index is 13.0. The summed E-state index contributed by atoms with van der Waals surface area (Å²) in [6, 6.07) is 7.01. The Balaban J connectivity index is 1.74. The van der Waals surface area contributed by atoms with Gasteiger partial charge < -0.3 is 14.7 Å². The molecule has 3 aliphatic rings. The molecule has 2 aliphatic heterocycles. The molecule has 28 heavy (non-hydrogen) atoms. The van der Waals surface area contributed by atoms with Gasteiger partial charge in [-0.15, -0.1) is 0 Å². The number of hydrogen-bond donors (Lipinski definition) is 1. The maximum atomic E-state index is 13.0. The van der Waals surface area contributed by atoms with Crippen LogP contribution < -0.4 is 0 Å². The standard InChI is InChI=1S/C23H27NO4/c1-15-9-11-17(12-10-15)21(25)19-20(16-6-3-2-4-7-16)24(23(27)22(19)26)14-18-8-5-13-28-18/h2-3,9-12,16,18,20,25H,4-8,13-14H2,1H3/b21-19+. The lowest BCUT2D eigenvalue weighted by Crippen LogP contribution is -2.43. The number of ether oxygens (including phenoxy) is 1. The number of ketones is 1. The van der Waals surface area contributed by atoms with E-state index in [0.717, 1.165) is 37.7 Å². The third kappa shape index (κ3) is 3.51. The molecule has 1 amide bonds. The first-order chi connectivity index (χ1) is 13.6. The van der Waals surface area contributed by atoms with Crippen molar-refractivity contribution in [1.29, 1.82) is 0 Å². The highest BCUT2D eigenvalue weighted by atomic mass is 16.5. The molecule has 2 saturated heterocycles. The van der Waals surface area contributed by atoms with Gasteiger partial charge in [0.15, 0.2) is 0 Å². The summed E-state index contributed by atoms with van der Waals surface area (Å²) in [5.74, 6) is -1.02. The van der Waals surface area contributed by atoms with Gasteiger partial charge in [-0.05, 0) is 44.9 Å². The predicted molar refractivity (Wildman–Crippen MR) is 107 cm³/mol. The quantitative estimate of drug-likeness (QED) is 0.375. The smallest absolute Gasteiger partial charge is 0.295 e. The minimum atomic E-state index is -0.573. The number of Topliss-reactive ketones (excluding diaryl/α,β-unsaturated/α-hetero) is 1. The highest BCUT2D eigenvalue weighted by Gasteiger charge is 2.49. The molecule has 1 N–H and O–H groups in total. The van der Waals surface area contributed by atoms with Crippen molar-refractivity contribution in [2.75, 3.05) is 13.2 Å². The predicted octanol–water partition coefficient (Wildman–Crippen LogP) is 3.58. The minimum Gasteiger partial charge on any atom is -0.507 e. The number of carbonyl (C=O) groups excluding carboxylic acids is 2. The van der Waals surface area contributed by atoms with Gasteiger partial charge in [0.1, 0.15) is 5.76 Å². The molecule has 3 atom stereocenters. The largest absolute Gasteiger partial charge is 0.507 e. The SMILES string of the molecule is Cc1ccc(/C(O)=C2\C(=O)C(=O)N(CC3CCCO3)C2C2CC=CCC2)cc1. The molecule has 1 aliphatic carbocycles. The Morgan fingerprint density at radius 1 is 1.18 bits per heavy atom. The van der Waals surface area contributed by atoms with Crippen molar-refractivity contribution in [3.05, 3.63) is 53.1 Å². The Bertz CT molecular complexity index is 818. The van der Waals surface area contributed by atoms with E-state index in [2.05, 4.69) is 12.2 Å². The van der Waals surface area contributed by atoms with E-state index >= 15 is 0 Å². The Labute approximate surface area is 165 Å². The first-order valence-electron chi connectivity index (χ1n) is 10.2. The molecule has 2 fully saturated rings. The van der Waals surface area contributed by atoms with Gasteiger partial charge in [-0.1, -0.05) is 42.0 Å². The van der Waals surface area contributed by atoms with E-state index < -0.39 is 17.7 Å². The van der Waals surface area contributed by atoms with Crippen molar-refractivity contribution >= 4 is 17.4 Å². The third-order valence-corrected chi connectivity index (χ3v) is 6.09. The maximum Gasteiger partial charge on any atom is 0.295 e. The Morgan fingerprint density at radius 3 is 2.61 bits per heavy atom. The molecule has 1 aromatic carbocycles. The Morgan fingerprint density at radius 2 is 1.96 bits per heavy atom. The number of hydrogen-bond acceptors (Lipinski definition) is 4. The molecule has 0 spiro atoms. The number of likely N-dealkylation sites (tertiary alicyclic amines) is 1. The minimum absolute atomic E-state index is 0.0285. The van der Waals surface area contributed by atoms with Crippen molar-refractivity contribution in [3.8, 4) is 0 Å². The summed E-state index contributed by atoms with van der Waals surface area (Å²) in [5, 5.41) is 11.0. The molecule has 0 saturated carbocycles. The average molecular weight is 381 g/mol. The summed E-state index contributed by atoms with van der Waals surface area (Å²) in [7, 11) is 0. The molecule has 0 radical (unpaired) electrons. The lowest BCUT2D eigenvalue weighted by Gasteiger charge is -2.33. The second-order valence-corrected chi connectivity index (χ2v) is 8.04. The van der Waals surface area contributed by atoms with Gasteiger partial charge in [0.2, 0.25) is 0 Å². The van der Waals surface area contributed by atoms with E-state index in [1.54, 1.807) is 17.0 Å². The van der Waals surface area contributed by atoms with Crippen LogP contribution in [0.5, 0.6) is 0 Å². The number of allylic oxidation sites excluding steroid dienone is 2. The van der Waals surface area contributed by atoms with E-state index in [9.17, 15) is 14.7 Å². The molecule has 5 heteroatoms. The molecule has 2 heterocycles. The number of aryl methyl sites for hydroxylation is 1. The lowest BCUT2D eigenvalue weighted by molar-refractivity contribution is -0.141. The zero-order valence-corrected chi connectivity index (χ0v) is 16.3. The van der Waals surface area contributed by atoms with Gasteiger partial charge in [0.25, 0.3) is 11.7 Å². The van der Waals surface area contributed by atoms with Crippen LogP contribution in [0.1, 0.15) is 43.2 Å². The molecule has 3 unspecified atom stereocenters. The van der Waals surface area contributed by atoms with Crippen molar-refractivity contribution in [2.24, 2.45) is 5.92 Å². The Hall–Kier alpha value is -2.40. The molecule has 1 aromatic rings. The number of amides is 1. The summed E-state index contributed by atoms with van der Waals surface area (Å²) >= 11 is 0. The number of aliphatic hydroxyl groups excluding tert-OH is 1. The summed E-state index contributed by atoms with van der Waals surface area (Å²) < 4.78 is 5.73. The van der Waals surface area contributed by atoms with Gasteiger partial charge in [-0.25, -0.2) is 0 Å². The van der Waals surface area contributed by atoms with Gasteiger partial charge in [0, 0.05) is 18.7 Å². The molecular weight excluding hydrogens is 354 g/mol. The third-order valence-electron chi connectivity index (χ3n) is 6.09. The fourth-order valence-corrected chi connectivity index (χ4v) is 4.57. The van der Waals surface area contributed by atoms with E-state index in [-0.39, 0.29) is 23.4 Å². The van der Waals surface area contributed by atoms with Crippen molar-refractivity contribution in [1.82, 2.24) is 4.90 Å². The van der Waals surface area contributed by atoms with Crippen LogP contribution in [0, 0.1) is 12.8 Å². The molecule has 0 aromatic heterocycles. The Kier molecular flexibility index (Phi) is 5.36. The lowest BCUT2D eigenvalue weighted by atomic mass is 9.83. The highest BCUT2D eigenvalue weighted by molar-refractivity contribution is 6.46. The normalized spacial score (nSPS) is 29.6. The first kappa shape index (κ1) is 18.9. The molecular formula is C23H27NO4. The topological polar surface area (TPSA) is 66.8 Å². The second-order valence-electron chi connectivity index (χ2n) is 8.04. The van der Waals surface area contributed by atoms with Crippen LogP contribution in [0.15, 0.2) is 42.0 Å². The second kappa shape index (κ2) is 7.92. The zero-order chi connectivity index (χ0) is 19.7. The van der Waals surface area contributed by atoms with E-state index in [0.29, 0.717) is 18.7 Å². The van der Waals surface area contributed by atoms with Crippen LogP contribution in [0.25, 0.3) is 5.76 Å². The number of aliphatic hydroxyl groups is 1.